The molecule has 0 saturated heterocycles. The van der Waals surface area contributed by atoms with Gasteiger partial charge in [0, 0.05) is 22.6 Å². The molecular formula is C13H18BrNO. The highest BCUT2D eigenvalue weighted by atomic mass is 79.9. The number of fused-ring (bicyclic) bond motifs is 1. The van der Waals surface area contributed by atoms with Crippen molar-refractivity contribution in [1.82, 2.24) is 4.57 Å². The predicted molar refractivity (Wildman–Crippen MR) is 70.4 cm³/mol. The van der Waals surface area contributed by atoms with Crippen LogP contribution in [0.5, 0.6) is 0 Å². The average molecular weight is 284 g/mol. The van der Waals surface area contributed by atoms with Gasteiger partial charge in [0.2, 0.25) is 0 Å². The molecule has 0 spiro atoms. The summed E-state index contributed by atoms with van der Waals surface area (Å²) in [7, 11) is 0. The number of halogens is 1. The maximum atomic E-state index is 12.3. The summed E-state index contributed by atoms with van der Waals surface area (Å²) >= 11 is 3.41. The zero-order chi connectivity index (χ0) is 11.7. The van der Waals surface area contributed by atoms with E-state index >= 15 is 0 Å². The van der Waals surface area contributed by atoms with Crippen LogP contribution in [0.25, 0.3) is 0 Å². The van der Waals surface area contributed by atoms with Gasteiger partial charge in [0.1, 0.15) is 0 Å². The van der Waals surface area contributed by atoms with Crippen LogP contribution in [0.4, 0.5) is 0 Å². The Balaban J connectivity index is 2.64. The third-order valence-corrected chi connectivity index (χ3v) is 4.14. The SMILES string of the molecule is CCC(C)n1c2c(cc(CBr)c1=O)CCC2. The predicted octanol–water partition coefficient (Wildman–Crippen LogP) is 3.20. The van der Waals surface area contributed by atoms with Crippen LogP contribution >= 0.6 is 15.9 Å². The molecule has 0 radical (unpaired) electrons. The second kappa shape index (κ2) is 4.74. The van der Waals surface area contributed by atoms with Gasteiger partial charge in [-0.15, -0.1) is 0 Å². The molecule has 0 saturated carbocycles. The van der Waals surface area contributed by atoms with Crippen molar-refractivity contribution in [1.29, 1.82) is 0 Å². The zero-order valence-corrected chi connectivity index (χ0v) is 11.5. The van der Waals surface area contributed by atoms with E-state index in [0.717, 1.165) is 24.8 Å². The summed E-state index contributed by atoms with van der Waals surface area (Å²) in [5, 5.41) is 0.662. The Morgan fingerprint density at radius 2 is 2.25 bits per heavy atom. The van der Waals surface area contributed by atoms with E-state index in [0.29, 0.717) is 11.4 Å². The van der Waals surface area contributed by atoms with E-state index in [2.05, 4.69) is 35.8 Å². The molecule has 1 aromatic rings. The molecule has 16 heavy (non-hydrogen) atoms. The fourth-order valence-corrected chi connectivity index (χ4v) is 2.88. The Labute approximate surface area is 105 Å². The highest BCUT2D eigenvalue weighted by Gasteiger charge is 2.20. The van der Waals surface area contributed by atoms with Gasteiger partial charge in [-0.1, -0.05) is 22.9 Å². The first-order valence-electron chi connectivity index (χ1n) is 6.01. The molecule has 1 aliphatic carbocycles. The minimum atomic E-state index is 0.201. The Morgan fingerprint density at radius 3 is 2.88 bits per heavy atom. The molecule has 0 bridgehead atoms. The van der Waals surface area contributed by atoms with E-state index in [4.69, 9.17) is 0 Å². The van der Waals surface area contributed by atoms with E-state index in [9.17, 15) is 4.79 Å². The van der Waals surface area contributed by atoms with Crippen LogP contribution in [-0.2, 0) is 18.2 Å². The summed E-state index contributed by atoms with van der Waals surface area (Å²) in [6.45, 7) is 4.28. The fraction of sp³-hybridized carbons (Fsp3) is 0.615. The summed E-state index contributed by atoms with van der Waals surface area (Å²) in [4.78, 5) is 12.3. The minimum Gasteiger partial charge on any atom is -0.309 e. The molecule has 1 heterocycles. The monoisotopic (exact) mass is 283 g/mol. The van der Waals surface area contributed by atoms with Crippen molar-refractivity contribution in [3.63, 3.8) is 0 Å². The van der Waals surface area contributed by atoms with Crippen molar-refractivity contribution < 1.29 is 0 Å². The quantitative estimate of drug-likeness (QED) is 0.781. The number of aromatic nitrogens is 1. The maximum absolute atomic E-state index is 12.3. The first kappa shape index (κ1) is 11.9. The summed E-state index contributed by atoms with van der Waals surface area (Å²) in [6.07, 6.45) is 4.40. The summed E-state index contributed by atoms with van der Waals surface area (Å²) in [5.41, 5.74) is 3.77. The van der Waals surface area contributed by atoms with Crippen molar-refractivity contribution in [2.45, 2.75) is 50.9 Å². The minimum absolute atomic E-state index is 0.201. The van der Waals surface area contributed by atoms with Gasteiger partial charge in [-0.3, -0.25) is 4.79 Å². The largest absolute Gasteiger partial charge is 0.309 e. The molecule has 0 aromatic carbocycles. The Bertz CT molecular complexity index is 450. The van der Waals surface area contributed by atoms with Crippen LogP contribution in [0.15, 0.2) is 10.9 Å². The molecule has 1 unspecified atom stereocenters. The van der Waals surface area contributed by atoms with E-state index in [1.165, 1.54) is 17.7 Å². The molecule has 1 aromatic heterocycles. The van der Waals surface area contributed by atoms with E-state index in [1.54, 1.807) is 0 Å². The van der Waals surface area contributed by atoms with Gasteiger partial charge in [-0.2, -0.15) is 0 Å². The number of hydrogen-bond donors (Lipinski definition) is 0. The molecule has 1 atom stereocenters. The lowest BCUT2D eigenvalue weighted by atomic mass is 10.1. The first-order valence-corrected chi connectivity index (χ1v) is 7.13. The van der Waals surface area contributed by atoms with Crippen LogP contribution in [-0.4, -0.2) is 4.57 Å². The normalized spacial score (nSPS) is 16.2. The second-order valence-electron chi connectivity index (χ2n) is 4.56. The van der Waals surface area contributed by atoms with Gasteiger partial charge in [0.25, 0.3) is 5.56 Å². The van der Waals surface area contributed by atoms with Gasteiger partial charge in [0.15, 0.2) is 0 Å². The highest BCUT2D eigenvalue weighted by Crippen LogP contribution is 2.25. The Hall–Kier alpha value is -0.570. The first-order chi connectivity index (χ1) is 7.69. The molecule has 2 rings (SSSR count). The molecule has 0 N–H and O–H groups in total. The smallest absolute Gasteiger partial charge is 0.255 e. The van der Waals surface area contributed by atoms with Crippen molar-refractivity contribution in [2.75, 3.05) is 0 Å². The average Bonchev–Trinajstić information content (AvgIpc) is 2.74. The maximum Gasteiger partial charge on any atom is 0.255 e. The van der Waals surface area contributed by atoms with Crippen molar-refractivity contribution in [3.05, 3.63) is 33.2 Å². The lowest BCUT2D eigenvalue weighted by Gasteiger charge is -2.19. The number of rotatable bonds is 3. The number of aryl methyl sites for hydroxylation is 1. The number of pyridine rings is 1. The molecule has 0 aliphatic heterocycles. The lowest BCUT2D eigenvalue weighted by molar-refractivity contribution is 0.494. The second-order valence-corrected chi connectivity index (χ2v) is 5.12. The lowest BCUT2D eigenvalue weighted by Crippen LogP contribution is -2.28. The summed E-state index contributed by atoms with van der Waals surface area (Å²) in [5.74, 6) is 0. The van der Waals surface area contributed by atoms with Gasteiger partial charge in [-0.25, -0.2) is 0 Å². The Morgan fingerprint density at radius 1 is 1.50 bits per heavy atom. The molecule has 3 heteroatoms. The van der Waals surface area contributed by atoms with E-state index in [-0.39, 0.29) is 5.56 Å². The van der Waals surface area contributed by atoms with Gasteiger partial charge < -0.3 is 4.57 Å². The van der Waals surface area contributed by atoms with Crippen LogP contribution in [0.2, 0.25) is 0 Å². The molecule has 88 valence electrons. The number of hydrogen-bond acceptors (Lipinski definition) is 1. The molecule has 0 amide bonds. The molecule has 2 nitrogen and oxygen atoms in total. The van der Waals surface area contributed by atoms with Gasteiger partial charge in [0.05, 0.1) is 0 Å². The summed E-state index contributed by atoms with van der Waals surface area (Å²) < 4.78 is 2.03. The van der Waals surface area contributed by atoms with Crippen molar-refractivity contribution in [2.24, 2.45) is 0 Å². The molecule has 0 fully saturated rings. The van der Waals surface area contributed by atoms with Crippen LogP contribution in [0.3, 0.4) is 0 Å². The third-order valence-electron chi connectivity index (χ3n) is 3.54. The van der Waals surface area contributed by atoms with E-state index in [1.807, 2.05) is 4.57 Å². The zero-order valence-electron chi connectivity index (χ0n) is 9.92. The van der Waals surface area contributed by atoms with Crippen molar-refractivity contribution in [3.8, 4) is 0 Å². The molecular weight excluding hydrogens is 266 g/mol. The van der Waals surface area contributed by atoms with Crippen LogP contribution in [0.1, 0.15) is 49.6 Å². The van der Waals surface area contributed by atoms with E-state index < -0.39 is 0 Å². The van der Waals surface area contributed by atoms with Crippen molar-refractivity contribution >= 4 is 15.9 Å². The van der Waals surface area contributed by atoms with Crippen LogP contribution in [0, 0.1) is 0 Å². The Kier molecular flexibility index (Phi) is 3.53. The fourth-order valence-electron chi connectivity index (χ4n) is 2.48. The molecule has 1 aliphatic rings. The standard InChI is InChI=1S/C13H18BrNO/c1-3-9(2)15-12-6-4-5-10(12)7-11(8-14)13(15)16/h7,9H,3-6,8H2,1-2H3. The topological polar surface area (TPSA) is 22.0 Å². The number of alkyl halides is 1. The summed E-state index contributed by atoms with van der Waals surface area (Å²) in [6, 6.07) is 2.41. The third kappa shape index (κ3) is 1.86. The van der Waals surface area contributed by atoms with Crippen LogP contribution < -0.4 is 5.56 Å². The number of nitrogens with zero attached hydrogens (tertiary/aromatic N) is 1. The highest BCUT2D eigenvalue weighted by molar-refractivity contribution is 9.08. The van der Waals surface area contributed by atoms with Gasteiger partial charge in [-0.05, 0) is 44.2 Å². The van der Waals surface area contributed by atoms with Gasteiger partial charge >= 0.3 is 0 Å².